The molecule has 2 N–H and O–H groups in total. The quantitative estimate of drug-likeness (QED) is 0.433. The number of rotatable bonds is 4. The molecule has 2 aromatic rings. The lowest BCUT2D eigenvalue weighted by Crippen LogP contribution is -2.45. The number of nitrogen functional groups attached to an aromatic ring is 1. The Kier molecular flexibility index (Phi) is 8.27. The number of nitriles is 1. The molecule has 1 saturated heterocycles. The summed E-state index contributed by atoms with van der Waals surface area (Å²) in [4.78, 5) is 30.4. The number of nitrogens with two attached hydrogens (primary N) is 1. The number of hydrogen-bond donors (Lipinski definition) is 1. The van der Waals surface area contributed by atoms with Gasteiger partial charge in [-0.15, -0.1) is 12.4 Å². The van der Waals surface area contributed by atoms with Gasteiger partial charge in [0.2, 0.25) is 5.91 Å². The molecule has 0 radical (unpaired) electrons. The fourth-order valence-electron chi connectivity index (χ4n) is 3.67. The maximum atomic E-state index is 13.0. The number of carbonyl (C=O) groups is 2. The van der Waals surface area contributed by atoms with Crippen LogP contribution in [0.1, 0.15) is 18.1 Å². The second-order valence-corrected chi connectivity index (χ2v) is 7.65. The summed E-state index contributed by atoms with van der Waals surface area (Å²) in [5, 5.41) is 9.61. The Morgan fingerprint density at radius 3 is 2.25 bits per heavy atom. The van der Waals surface area contributed by atoms with Crippen LogP contribution in [0.15, 0.2) is 54.2 Å². The van der Waals surface area contributed by atoms with E-state index in [1.54, 1.807) is 30.5 Å². The van der Waals surface area contributed by atoms with Gasteiger partial charge in [-0.2, -0.15) is 5.26 Å². The summed E-state index contributed by atoms with van der Waals surface area (Å²) in [5.41, 5.74) is 10.3. The molecular weight excluding hydrogens is 426 g/mol. The van der Waals surface area contributed by atoms with E-state index in [0.29, 0.717) is 24.5 Å². The molecular formula is C24H28ClN5O2. The molecule has 2 amide bonds. The van der Waals surface area contributed by atoms with Crippen LogP contribution in [0.3, 0.4) is 0 Å². The van der Waals surface area contributed by atoms with Crippen molar-refractivity contribution in [1.29, 1.82) is 5.26 Å². The zero-order valence-electron chi connectivity index (χ0n) is 18.5. The minimum Gasteiger partial charge on any atom is -0.399 e. The minimum atomic E-state index is -0.642. The average molecular weight is 454 g/mol. The lowest BCUT2D eigenvalue weighted by molar-refractivity contribution is -0.123. The van der Waals surface area contributed by atoms with Crippen molar-refractivity contribution in [3.63, 3.8) is 0 Å². The lowest BCUT2D eigenvalue weighted by Gasteiger charge is -2.36. The van der Waals surface area contributed by atoms with E-state index in [2.05, 4.69) is 36.9 Å². The zero-order valence-corrected chi connectivity index (χ0v) is 19.4. The van der Waals surface area contributed by atoms with E-state index in [4.69, 9.17) is 5.73 Å². The minimum absolute atomic E-state index is 0. The maximum absolute atomic E-state index is 13.0. The molecule has 0 atom stereocenters. The Labute approximate surface area is 195 Å². The predicted molar refractivity (Wildman–Crippen MR) is 130 cm³/mol. The first-order valence-electron chi connectivity index (χ1n) is 10.2. The number of piperazine rings is 1. The number of nitrogens with zero attached hydrogens (tertiary/aromatic N) is 4. The van der Waals surface area contributed by atoms with Crippen LogP contribution in [0.5, 0.6) is 0 Å². The van der Waals surface area contributed by atoms with Crippen LogP contribution in [-0.4, -0.2) is 42.9 Å². The van der Waals surface area contributed by atoms with Crippen LogP contribution >= 0.6 is 12.4 Å². The molecule has 0 aliphatic carbocycles. The number of benzene rings is 2. The summed E-state index contributed by atoms with van der Waals surface area (Å²) in [6.45, 7) is 8.43. The number of aryl methyl sites for hydroxylation is 1. The van der Waals surface area contributed by atoms with Crippen molar-refractivity contribution in [3.8, 4) is 6.07 Å². The van der Waals surface area contributed by atoms with Gasteiger partial charge in [-0.1, -0.05) is 12.1 Å². The van der Waals surface area contributed by atoms with Crippen LogP contribution in [0, 0.1) is 25.2 Å². The van der Waals surface area contributed by atoms with Crippen molar-refractivity contribution >= 4 is 41.3 Å². The smallest absolute Gasteiger partial charge is 0.277 e. The van der Waals surface area contributed by atoms with Crippen molar-refractivity contribution in [2.24, 2.45) is 0 Å². The molecule has 8 heteroatoms. The van der Waals surface area contributed by atoms with Crippen molar-refractivity contribution < 1.29 is 9.59 Å². The van der Waals surface area contributed by atoms with E-state index in [1.165, 1.54) is 23.7 Å². The maximum Gasteiger partial charge on any atom is 0.277 e. The first-order valence-corrected chi connectivity index (χ1v) is 10.2. The molecule has 2 aromatic carbocycles. The molecule has 1 aliphatic rings. The highest BCUT2D eigenvalue weighted by Gasteiger charge is 2.25. The molecule has 1 aliphatic heterocycles. The van der Waals surface area contributed by atoms with Gasteiger partial charge in [0.1, 0.15) is 11.6 Å². The van der Waals surface area contributed by atoms with Gasteiger partial charge in [0.15, 0.2) is 0 Å². The van der Waals surface area contributed by atoms with Crippen molar-refractivity contribution in [3.05, 3.63) is 65.4 Å². The molecule has 0 bridgehead atoms. The Bertz CT molecular complexity index is 1050. The number of halogens is 1. The summed E-state index contributed by atoms with van der Waals surface area (Å²) in [7, 11) is 0. The number of carbonyl (C=O) groups excluding carboxylic acids is 2. The molecule has 0 aromatic heterocycles. The summed E-state index contributed by atoms with van der Waals surface area (Å²) < 4.78 is 0. The van der Waals surface area contributed by atoms with Crippen LogP contribution in [0.2, 0.25) is 0 Å². The summed E-state index contributed by atoms with van der Waals surface area (Å²) in [6.07, 6.45) is 1.57. The molecule has 0 spiro atoms. The molecule has 168 valence electrons. The van der Waals surface area contributed by atoms with Crippen LogP contribution in [-0.2, 0) is 9.59 Å². The number of hydrogen-bond acceptors (Lipinski definition) is 6. The zero-order chi connectivity index (χ0) is 22.5. The lowest BCUT2D eigenvalue weighted by atomic mass is 10.1. The second-order valence-electron chi connectivity index (χ2n) is 7.65. The molecule has 0 unspecified atom stereocenters. The van der Waals surface area contributed by atoms with Gasteiger partial charge in [-0.3, -0.25) is 9.59 Å². The van der Waals surface area contributed by atoms with E-state index < -0.39 is 11.8 Å². The van der Waals surface area contributed by atoms with Gasteiger partial charge < -0.3 is 15.5 Å². The van der Waals surface area contributed by atoms with Crippen LogP contribution in [0.25, 0.3) is 0 Å². The molecule has 1 fully saturated rings. The van der Waals surface area contributed by atoms with Gasteiger partial charge in [0, 0.05) is 50.7 Å². The summed E-state index contributed by atoms with van der Waals surface area (Å²) in [6, 6.07) is 14.6. The third-order valence-corrected chi connectivity index (χ3v) is 5.56. The Morgan fingerprint density at radius 1 is 1.06 bits per heavy atom. The van der Waals surface area contributed by atoms with Gasteiger partial charge >= 0.3 is 0 Å². The standard InChI is InChI=1S/C24H27N5O2.ClH/c1-17-5-4-6-23(18(17)2)28-13-11-27(12-14-28)16-20(15-25)24(31)29(19(3)30)22-9-7-21(26)8-10-22;/h4-10,16H,11-14,26H2,1-3H3;1H/b20-16-;. The monoisotopic (exact) mass is 453 g/mol. The number of imide groups is 1. The van der Waals surface area contributed by atoms with Crippen LogP contribution in [0.4, 0.5) is 17.1 Å². The topological polar surface area (TPSA) is 93.7 Å². The van der Waals surface area contributed by atoms with Crippen molar-refractivity contribution in [2.45, 2.75) is 20.8 Å². The molecule has 0 saturated carbocycles. The molecule has 1 heterocycles. The fourth-order valence-corrected chi connectivity index (χ4v) is 3.67. The average Bonchev–Trinajstić information content (AvgIpc) is 2.75. The Morgan fingerprint density at radius 2 is 1.69 bits per heavy atom. The predicted octanol–water partition coefficient (Wildman–Crippen LogP) is 3.42. The summed E-state index contributed by atoms with van der Waals surface area (Å²) in [5.74, 6) is -1.10. The second kappa shape index (κ2) is 10.7. The van der Waals surface area contributed by atoms with E-state index in [-0.39, 0.29) is 18.0 Å². The third-order valence-electron chi connectivity index (χ3n) is 5.56. The third kappa shape index (κ3) is 5.40. The van der Waals surface area contributed by atoms with Gasteiger partial charge in [0.05, 0.1) is 5.69 Å². The molecule has 7 nitrogen and oxygen atoms in total. The van der Waals surface area contributed by atoms with E-state index in [0.717, 1.165) is 18.0 Å². The fraction of sp³-hybridized carbons (Fsp3) is 0.292. The van der Waals surface area contributed by atoms with Crippen LogP contribution < -0.4 is 15.5 Å². The normalized spacial score (nSPS) is 13.8. The van der Waals surface area contributed by atoms with E-state index in [9.17, 15) is 14.9 Å². The highest BCUT2D eigenvalue weighted by Crippen LogP contribution is 2.24. The van der Waals surface area contributed by atoms with Gasteiger partial charge in [-0.05, 0) is 55.3 Å². The Hall–Kier alpha value is -3.50. The first-order chi connectivity index (χ1) is 14.8. The summed E-state index contributed by atoms with van der Waals surface area (Å²) >= 11 is 0. The SMILES string of the molecule is CC(=O)N(C(=O)/C(C#N)=C\N1CCN(c2cccc(C)c2C)CC1)c1ccc(N)cc1.Cl. The molecule has 32 heavy (non-hydrogen) atoms. The molecule has 3 rings (SSSR count). The Balaban J connectivity index is 0.00000363. The number of amides is 2. The van der Waals surface area contributed by atoms with E-state index >= 15 is 0 Å². The van der Waals surface area contributed by atoms with Crippen molar-refractivity contribution in [2.75, 3.05) is 41.7 Å². The highest BCUT2D eigenvalue weighted by atomic mass is 35.5. The highest BCUT2D eigenvalue weighted by molar-refractivity contribution is 6.21. The van der Waals surface area contributed by atoms with E-state index in [1.807, 2.05) is 11.0 Å². The number of anilines is 3. The van der Waals surface area contributed by atoms with Crippen molar-refractivity contribution in [1.82, 2.24) is 4.90 Å². The largest absolute Gasteiger partial charge is 0.399 e. The van der Waals surface area contributed by atoms with Gasteiger partial charge in [-0.25, -0.2) is 4.90 Å². The van der Waals surface area contributed by atoms with Gasteiger partial charge in [0.25, 0.3) is 5.91 Å². The first kappa shape index (κ1) is 24.8.